The predicted octanol–water partition coefficient (Wildman–Crippen LogP) is 3.12. The van der Waals surface area contributed by atoms with Gasteiger partial charge >= 0.3 is 0 Å². The fourth-order valence-corrected chi connectivity index (χ4v) is 6.16. The minimum absolute atomic E-state index is 0.356. The maximum absolute atomic E-state index is 5.76. The van der Waals surface area contributed by atoms with Crippen LogP contribution in [0.1, 0.15) is 60.3 Å². The largest absolute Gasteiger partial charge is 0.377 e. The summed E-state index contributed by atoms with van der Waals surface area (Å²) in [6.07, 6.45) is 5.53. The van der Waals surface area contributed by atoms with Gasteiger partial charge in [-0.05, 0) is 56.9 Å². The van der Waals surface area contributed by atoms with Crippen LogP contribution in [0.15, 0.2) is 0 Å². The Morgan fingerprint density at radius 1 is 1.10 bits per heavy atom. The third-order valence-electron chi connectivity index (χ3n) is 6.83. The van der Waals surface area contributed by atoms with Crippen molar-refractivity contribution in [2.75, 3.05) is 19.8 Å². The SMILES string of the molecule is BC1(C)CCC2C(CCN(C(C)C)C23COC3)C(C)(C)C1. The van der Waals surface area contributed by atoms with Gasteiger partial charge in [0.05, 0.1) is 18.8 Å². The molecule has 3 rings (SSSR count). The Morgan fingerprint density at radius 3 is 2.29 bits per heavy atom. The van der Waals surface area contributed by atoms with Crippen molar-refractivity contribution in [2.24, 2.45) is 17.3 Å². The summed E-state index contributed by atoms with van der Waals surface area (Å²) in [5, 5.41) is 0.495. The monoisotopic (exact) mass is 291 g/mol. The van der Waals surface area contributed by atoms with E-state index in [0.717, 1.165) is 25.0 Å². The van der Waals surface area contributed by atoms with E-state index in [1.807, 2.05) is 0 Å². The highest BCUT2D eigenvalue weighted by molar-refractivity contribution is 6.14. The highest BCUT2D eigenvalue weighted by Crippen LogP contribution is 2.58. The number of fused-ring (bicyclic) bond motifs is 2. The lowest BCUT2D eigenvalue weighted by Crippen LogP contribution is -2.72. The van der Waals surface area contributed by atoms with Gasteiger partial charge in [0.2, 0.25) is 0 Å². The van der Waals surface area contributed by atoms with Crippen LogP contribution < -0.4 is 0 Å². The van der Waals surface area contributed by atoms with Crippen molar-refractivity contribution < 1.29 is 4.74 Å². The number of piperidine rings is 1. The molecule has 0 bridgehead atoms. The minimum Gasteiger partial charge on any atom is -0.377 e. The van der Waals surface area contributed by atoms with Crippen molar-refractivity contribution in [1.82, 2.24) is 4.90 Å². The summed E-state index contributed by atoms with van der Waals surface area (Å²) in [5.41, 5.74) is 0.825. The van der Waals surface area contributed by atoms with Crippen molar-refractivity contribution in [3.8, 4) is 0 Å². The van der Waals surface area contributed by atoms with E-state index < -0.39 is 0 Å². The van der Waals surface area contributed by atoms with E-state index in [4.69, 9.17) is 4.74 Å². The van der Waals surface area contributed by atoms with E-state index in [2.05, 4.69) is 47.4 Å². The Balaban J connectivity index is 1.95. The van der Waals surface area contributed by atoms with Crippen LogP contribution in [0.2, 0.25) is 5.31 Å². The number of nitrogens with zero attached hydrogens (tertiary/aromatic N) is 1. The van der Waals surface area contributed by atoms with E-state index in [-0.39, 0.29) is 0 Å². The van der Waals surface area contributed by atoms with E-state index in [0.29, 0.717) is 22.3 Å². The van der Waals surface area contributed by atoms with Gasteiger partial charge in [0, 0.05) is 6.04 Å². The Morgan fingerprint density at radius 2 is 1.76 bits per heavy atom. The van der Waals surface area contributed by atoms with Crippen LogP contribution in [0.5, 0.6) is 0 Å². The van der Waals surface area contributed by atoms with Gasteiger partial charge in [-0.25, -0.2) is 0 Å². The molecule has 1 aliphatic carbocycles. The molecule has 21 heavy (non-hydrogen) atoms. The van der Waals surface area contributed by atoms with Crippen molar-refractivity contribution in [1.29, 1.82) is 0 Å². The van der Waals surface area contributed by atoms with Crippen LogP contribution in [0.3, 0.4) is 0 Å². The number of rotatable bonds is 1. The lowest BCUT2D eigenvalue weighted by molar-refractivity contribution is -0.216. The average Bonchev–Trinajstić information content (AvgIpc) is 2.39. The molecule has 3 heteroatoms. The lowest BCUT2D eigenvalue weighted by atomic mass is 9.57. The number of hydrogen-bond acceptors (Lipinski definition) is 2. The molecular weight excluding hydrogens is 257 g/mol. The molecule has 2 saturated heterocycles. The third kappa shape index (κ3) is 2.49. The van der Waals surface area contributed by atoms with Crippen LogP contribution in [-0.4, -0.2) is 44.1 Å². The fourth-order valence-electron chi connectivity index (χ4n) is 6.16. The molecule has 1 saturated carbocycles. The van der Waals surface area contributed by atoms with E-state index in [1.54, 1.807) is 0 Å². The first kappa shape index (κ1) is 15.9. The molecule has 3 atom stereocenters. The van der Waals surface area contributed by atoms with Crippen molar-refractivity contribution in [2.45, 2.75) is 77.2 Å². The summed E-state index contributed by atoms with van der Waals surface area (Å²) >= 11 is 0. The quantitative estimate of drug-likeness (QED) is 0.688. The first-order valence-electron chi connectivity index (χ1n) is 9.03. The first-order valence-corrected chi connectivity index (χ1v) is 9.03. The normalized spacial score (nSPS) is 42.4. The van der Waals surface area contributed by atoms with E-state index >= 15 is 0 Å². The zero-order valence-corrected chi connectivity index (χ0v) is 15.0. The fraction of sp³-hybridized carbons (Fsp3) is 1.00. The molecule has 3 fully saturated rings. The maximum Gasteiger partial charge on any atom is 0.109 e. The van der Waals surface area contributed by atoms with Gasteiger partial charge in [-0.1, -0.05) is 32.5 Å². The standard InChI is InChI=1S/C18H34BNO/c1-13(2)20-9-7-14-15(18(20)11-21-12-18)6-8-17(5,19)10-16(14,3)4/h13-15H,6-12,19H2,1-5H3. The topological polar surface area (TPSA) is 12.5 Å². The van der Waals surface area contributed by atoms with E-state index in [1.165, 1.54) is 32.2 Å². The van der Waals surface area contributed by atoms with Crippen molar-refractivity contribution in [3.05, 3.63) is 0 Å². The number of hydrogen-bond donors (Lipinski definition) is 0. The molecule has 0 N–H and O–H groups in total. The lowest BCUT2D eigenvalue weighted by Gasteiger charge is -2.62. The molecule has 0 aromatic carbocycles. The molecule has 3 aliphatic rings. The van der Waals surface area contributed by atoms with Gasteiger partial charge in [-0.2, -0.15) is 0 Å². The smallest absolute Gasteiger partial charge is 0.109 e. The Hall–Kier alpha value is -0.0151. The summed E-state index contributed by atoms with van der Waals surface area (Å²) < 4.78 is 5.76. The molecule has 0 aromatic heterocycles. The molecule has 2 nitrogen and oxygen atoms in total. The summed E-state index contributed by atoms with van der Waals surface area (Å²) in [5.74, 6) is 1.71. The molecular formula is C18H34BNO. The van der Waals surface area contributed by atoms with Crippen LogP contribution >= 0.6 is 0 Å². The first-order chi connectivity index (χ1) is 9.68. The summed E-state index contributed by atoms with van der Waals surface area (Å²) in [6.45, 7) is 15.5. The van der Waals surface area contributed by atoms with Crippen LogP contribution in [0.4, 0.5) is 0 Å². The summed E-state index contributed by atoms with van der Waals surface area (Å²) in [7, 11) is 2.48. The van der Waals surface area contributed by atoms with E-state index in [9.17, 15) is 0 Å². The van der Waals surface area contributed by atoms with Crippen molar-refractivity contribution >= 4 is 7.85 Å². The molecule has 1 spiro atoms. The highest BCUT2D eigenvalue weighted by Gasteiger charge is 2.59. The molecule has 0 amide bonds. The molecule has 0 aromatic rings. The van der Waals surface area contributed by atoms with Gasteiger partial charge in [-0.3, -0.25) is 4.90 Å². The second-order valence-electron chi connectivity index (χ2n) is 9.75. The van der Waals surface area contributed by atoms with Gasteiger partial charge in [-0.15, -0.1) is 0 Å². The number of likely N-dealkylation sites (tertiary alicyclic amines) is 1. The molecule has 3 unspecified atom stereocenters. The zero-order chi connectivity index (χ0) is 15.5. The third-order valence-corrected chi connectivity index (χ3v) is 6.83. The van der Waals surface area contributed by atoms with Gasteiger partial charge in [0.1, 0.15) is 7.85 Å². The summed E-state index contributed by atoms with van der Waals surface area (Å²) in [4.78, 5) is 2.78. The van der Waals surface area contributed by atoms with Gasteiger partial charge in [0.25, 0.3) is 0 Å². The Kier molecular flexibility index (Phi) is 3.77. The van der Waals surface area contributed by atoms with Crippen LogP contribution in [-0.2, 0) is 4.74 Å². The second kappa shape index (κ2) is 4.99. The predicted molar refractivity (Wildman–Crippen MR) is 91.5 cm³/mol. The average molecular weight is 291 g/mol. The Bertz CT molecular complexity index is 400. The number of ether oxygens (including phenoxy) is 1. The highest BCUT2D eigenvalue weighted by atomic mass is 16.5. The van der Waals surface area contributed by atoms with Gasteiger partial charge in [0.15, 0.2) is 0 Å². The maximum atomic E-state index is 5.76. The molecule has 120 valence electrons. The Labute approximate surface area is 132 Å². The molecule has 0 radical (unpaired) electrons. The van der Waals surface area contributed by atoms with Crippen molar-refractivity contribution in [3.63, 3.8) is 0 Å². The summed E-state index contributed by atoms with van der Waals surface area (Å²) in [6, 6.07) is 0.647. The van der Waals surface area contributed by atoms with Crippen LogP contribution in [0, 0.1) is 17.3 Å². The second-order valence-corrected chi connectivity index (χ2v) is 9.75. The minimum atomic E-state index is 0.356. The molecule has 2 aliphatic heterocycles. The zero-order valence-electron chi connectivity index (χ0n) is 15.0. The van der Waals surface area contributed by atoms with Crippen LogP contribution in [0.25, 0.3) is 0 Å². The van der Waals surface area contributed by atoms with Gasteiger partial charge < -0.3 is 4.74 Å². The molecule has 2 heterocycles.